The third-order valence-corrected chi connectivity index (χ3v) is 5.40. The van der Waals surface area contributed by atoms with Gasteiger partial charge in [-0.3, -0.25) is 19.6 Å². The van der Waals surface area contributed by atoms with E-state index in [0.29, 0.717) is 12.8 Å². The minimum absolute atomic E-state index is 0.00224. The van der Waals surface area contributed by atoms with Crippen LogP contribution in [0.1, 0.15) is 46.5 Å². The fourth-order valence-corrected chi connectivity index (χ4v) is 3.79. The van der Waals surface area contributed by atoms with Crippen LogP contribution >= 0.6 is 7.60 Å². The predicted octanol–water partition coefficient (Wildman–Crippen LogP) is 1.25. The zero-order chi connectivity index (χ0) is 19.0. The highest BCUT2D eigenvalue weighted by Gasteiger charge is 2.46. The summed E-state index contributed by atoms with van der Waals surface area (Å²) in [6.45, 7) is 5.20. The first-order chi connectivity index (χ1) is 11.0. The van der Waals surface area contributed by atoms with Crippen molar-refractivity contribution in [3.8, 4) is 0 Å². The van der Waals surface area contributed by atoms with E-state index in [4.69, 9.17) is 15.0 Å². The molecule has 1 amide bonds. The van der Waals surface area contributed by atoms with Gasteiger partial charge in [-0.25, -0.2) is 4.79 Å². The summed E-state index contributed by atoms with van der Waals surface area (Å²) in [5.41, 5.74) is 3.39. The Bertz CT molecular complexity index is 472. The lowest BCUT2D eigenvalue weighted by atomic mass is 10.1. The second kappa shape index (κ2) is 10.1. The van der Waals surface area contributed by atoms with E-state index in [0.717, 1.165) is 0 Å². The molecule has 0 heterocycles. The summed E-state index contributed by atoms with van der Waals surface area (Å²) in [6, 6.07) is 0. The zero-order valence-corrected chi connectivity index (χ0v) is 15.5. The van der Waals surface area contributed by atoms with Gasteiger partial charge in [0.2, 0.25) is 11.6 Å². The number of methoxy groups -OCH3 is 1. The number of nitrogens with one attached hydrogen (secondary N) is 1. The molecular weight excluding hydrogens is 339 g/mol. The normalized spacial score (nSPS) is 17.8. The minimum atomic E-state index is -4.54. The van der Waals surface area contributed by atoms with Gasteiger partial charge in [-0.2, -0.15) is 0 Å². The Balaban J connectivity index is 5.26. The maximum atomic E-state index is 12.6. The molecule has 0 rings (SSSR count). The average molecular weight is 368 g/mol. The van der Waals surface area contributed by atoms with Crippen LogP contribution in [0.5, 0.6) is 0 Å². The fourth-order valence-electron chi connectivity index (χ4n) is 1.98. The third-order valence-electron chi connectivity index (χ3n) is 3.38. The van der Waals surface area contributed by atoms with E-state index in [-0.39, 0.29) is 19.4 Å². The molecule has 0 aromatic carbocycles. The van der Waals surface area contributed by atoms with Crippen LogP contribution in [0.15, 0.2) is 0 Å². The molecule has 3 atom stereocenters. The van der Waals surface area contributed by atoms with Crippen molar-refractivity contribution in [3.63, 3.8) is 0 Å². The van der Waals surface area contributed by atoms with Gasteiger partial charge >= 0.3 is 13.6 Å². The molecule has 5 N–H and O–H groups in total. The molecule has 0 aliphatic carbocycles. The second-order valence-corrected chi connectivity index (χ2v) is 7.82. The summed E-state index contributed by atoms with van der Waals surface area (Å²) in [5.74, 6) is -3.78. The van der Waals surface area contributed by atoms with Gasteiger partial charge < -0.3 is 20.1 Å². The van der Waals surface area contributed by atoms with Gasteiger partial charge in [-0.15, -0.1) is 0 Å². The smallest absolute Gasteiger partial charge is 0.352 e. The van der Waals surface area contributed by atoms with Crippen molar-refractivity contribution < 1.29 is 33.4 Å². The number of carbonyl (C=O) groups excluding carboxylic acids is 1. The van der Waals surface area contributed by atoms with Gasteiger partial charge in [-0.05, 0) is 12.3 Å². The molecular formula is C14H29N2O7P. The van der Waals surface area contributed by atoms with Gasteiger partial charge in [0, 0.05) is 20.0 Å². The second-order valence-electron chi connectivity index (χ2n) is 5.95. The zero-order valence-electron chi connectivity index (χ0n) is 14.7. The van der Waals surface area contributed by atoms with Crippen molar-refractivity contribution in [1.82, 2.24) is 5.32 Å². The largest absolute Gasteiger partial charge is 0.478 e. The molecule has 0 aromatic heterocycles. The number of aliphatic carboxylic acids is 1. The summed E-state index contributed by atoms with van der Waals surface area (Å²) < 4.78 is 22.3. The lowest BCUT2D eigenvalue weighted by molar-refractivity contribution is -0.156. The molecule has 10 heteroatoms. The van der Waals surface area contributed by atoms with Crippen LogP contribution in [-0.4, -0.2) is 47.1 Å². The number of carboxylic acids is 1. The first-order valence-electron chi connectivity index (χ1n) is 7.84. The van der Waals surface area contributed by atoms with Gasteiger partial charge in [0.05, 0.1) is 6.61 Å². The highest BCUT2D eigenvalue weighted by Crippen LogP contribution is 2.52. The van der Waals surface area contributed by atoms with Gasteiger partial charge in [-0.1, -0.05) is 27.2 Å². The molecule has 0 bridgehead atoms. The van der Waals surface area contributed by atoms with E-state index in [2.05, 4.69) is 5.32 Å². The van der Waals surface area contributed by atoms with E-state index in [1.165, 1.54) is 7.11 Å². The molecule has 0 spiro atoms. The number of amides is 1. The molecule has 0 radical (unpaired) electrons. The molecule has 24 heavy (non-hydrogen) atoms. The number of hydrogen-bond acceptors (Lipinski definition) is 6. The van der Waals surface area contributed by atoms with Crippen molar-refractivity contribution in [2.45, 2.75) is 58.0 Å². The Morgan fingerprint density at radius 3 is 2.38 bits per heavy atom. The molecule has 0 saturated carbocycles. The van der Waals surface area contributed by atoms with Crippen LogP contribution in [-0.2, 0) is 23.4 Å². The number of hydrogen-bond donors (Lipinski definition) is 4. The van der Waals surface area contributed by atoms with Crippen molar-refractivity contribution in [3.05, 3.63) is 0 Å². The Hall–Kier alpha value is -0.990. The maximum absolute atomic E-state index is 12.6. The Morgan fingerprint density at radius 2 is 1.96 bits per heavy atom. The number of nitrogens with two attached hydrogens (primary N) is 1. The van der Waals surface area contributed by atoms with Crippen molar-refractivity contribution >= 4 is 19.5 Å². The molecule has 9 nitrogen and oxygen atoms in total. The fraction of sp³-hybridized carbons (Fsp3) is 0.857. The standard InChI is InChI=1S/C14H29N2O7P/c1-5-6-8-14(15,13(18)19)23-24(20,21)12(10(2)3)16-11(17)7-9-22-4/h10,12H,5-9,15H2,1-4H3,(H,16,17)(H,18,19)(H,20,21). The molecule has 0 aliphatic rings. The van der Waals surface area contributed by atoms with E-state index >= 15 is 0 Å². The molecule has 0 saturated heterocycles. The molecule has 0 aromatic rings. The Labute approximate surface area is 142 Å². The van der Waals surface area contributed by atoms with Crippen LogP contribution < -0.4 is 11.1 Å². The molecule has 0 fully saturated rings. The van der Waals surface area contributed by atoms with Crippen molar-refractivity contribution in [2.24, 2.45) is 11.7 Å². The monoisotopic (exact) mass is 368 g/mol. The van der Waals surface area contributed by atoms with Crippen LogP contribution in [0.3, 0.4) is 0 Å². The summed E-state index contributed by atoms with van der Waals surface area (Å²) in [7, 11) is -3.11. The first kappa shape index (κ1) is 23.0. The van der Waals surface area contributed by atoms with E-state index in [1.54, 1.807) is 13.8 Å². The summed E-state index contributed by atoms with van der Waals surface area (Å²) in [4.78, 5) is 33.4. The summed E-state index contributed by atoms with van der Waals surface area (Å²) in [5, 5.41) is 11.7. The van der Waals surface area contributed by atoms with Gasteiger partial charge in [0.25, 0.3) is 0 Å². The third kappa shape index (κ3) is 7.27. The summed E-state index contributed by atoms with van der Waals surface area (Å²) >= 11 is 0. The van der Waals surface area contributed by atoms with Crippen LogP contribution in [0.2, 0.25) is 0 Å². The van der Waals surface area contributed by atoms with E-state index in [9.17, 15) is 24.2 Å². The summed E-state index contributed by atoms with van der Waals surface area (Å²) in [6.07, 6.45) is 0.941. The highest BCUT2D eigenvalue weighted by atomic mass is 31.2. The number of carboxylic acid groups (broad SMARTS) is 1. The number of ether oxygens (including phenoxy) is 1. The Morgan fingerprint density at radius 1 is 1.38 bits per heavy atom. The quantitative estimate of drug-likeness (QED) is 0.297. The lowest BCUT2D eigenvalue weighted by Crippen LogP contribution is -2.51. The molecule has 3 unspecified atom stereocenters. The van der Waals surface area contributed by atoms with E-state index in [1.807, 2.05) is 6.92 Å². The van der Waals surface area contributed by atoms with Crippen LogP contribution in [0, 0.1) is 5.92 Å². The topological polar surface area (TPSA) is 148 Å². The average Bonchev–Trinajstić information content (AvgIpc) is 2.47. The SMILES string of the molecule is CCCCC(N)(OP(=O)(O)C(NC(=O)CCOC)C(C)C)C(=O)O. The first-order valence-corrected chi connectivity index (χ1v) is 9.48. The van der Waals surface area contributed by atoms with E-state index < -0.39 is 36.9 Å². The molecule has 142 valence electrons. The van der Waals surface area contributed by atoms with Crippen molar-refractivity contribution in [1.29, 1.82) is 0 Å². The highest BCUT2D eigenvalue weighted by molar-refractivity contribution is 7.53. The minimum Gasteiger partial charge on any atom is -0.478 e. The number of unbranched alkanes of at least 4 members (excludes halogenated alkanes) is 1. The van der Waals surface area contributed by atoms with Crippen molar-refractivity contribution in [2.75, 3.05) is 13.7 Å². The number of rotatable bonds is 12. The van der Waals surface area contributed by atoms with Gasteiger partial charge in [0.1, 0.15) is 5.78 Å². The predicted molar refractivity (Wildman–Crippen MR) is 88.3 cm³/mol. The van der Waals surface area contributed by atoms with Crippen LogP contribution in [0.4, 0.5) is 0 Å². The number of carbonyl (C=O) groups is 2. The Kier molecular flexibility index (Phi) is 9.69. The lowest BCUT2D eigenvalue weighted by Gasteiger charge is -2.33. The van der Waals surface area contributed by atoms with Gasteiger partial charge in [0.15, 0.2) is 0 Å². The molecule has 0 aliphatic heterocycles. The van der Waals surface area contributed by atoms with Crippen LogP contribution in [0.25, 0.3) is 0 Å². The maximum Gasteiger partial charge on any atom is 0.352 e.